The molecule has 0 aromatic carbocycles. The normalized spacial score (nSPS) is 20.0. The highest BCUT2D eigenvalue weighted by atomic mass is 16.7. The Labute approximate surface area is 396 Å². The fourth-order valence-corrected chi connectivity index (χ4v) is 8.13. The van der Waals surface area contributed by atoms with Crippen LogP contribution in [0.1, 0.15) is 232 Å². The van der Waals surface area contributed by atoms with Gasteiger partial charge in [0.1, 0.15) is 24.4 Å². The summed E-state index contributed by atoms with van der Waals surface area (Å²) in [6, 6.07) is -0.821. The number of hydrogen-bond donors (Lipinski definition) is 6. The van der Waals surface area contributed by atoms with Crippen molar-refractivity contribution < 1.29 is 49.3 Å². The van der Waals surface area contributed by atoms with Gasteiger partial charge in [-0.25, -0.2) is 0 Å². The number of nitrogens with one attached hydrogen (secondary N) is 1. The van der Waals surface area contributed by atoms with E-state index in [2.05, 4.69) is 43.5 Å². The van der Waals surface area contributed by atoms with Crippen molar-refractivity contribution in [3.63, 3.8) is 0 Å². The SMILES string of the molecule is CCCCC/C=C\CCCCCCCC(=O)OCCCCCCCCC/C=C\CCCCCCCC(=O)NC(COC1OC(CO)C(O)C(O)C1O)C(O)/C=C/CCCCCCCCC. The van der Waals surface area contributed by atoms with Gasteiger partial charge >= 0.3 is 5.97 Å². The number of rotatable bonds is 45. The predicted octanol–water partition coefficient (Wildman–Crippen LogP) is 11.2. The van der Waals surface area contributed by atoms with Crippen LogP contribution < -0.4 is 5.32 Å². The average molecular weight is 922 g/mol. The first-order chi connectivity index (χ1) is 31.7. The fourth-order valence-electron chi connectivity index (χ4n) is 8.13. The Kier molecular flexibility index (Phi) is 41.6. The Balaban J connectivity index is 2.12. The summed E-state index contributed by atoms with van der Waals surface area (Å²) in [6.45, 7) is 4.24. The molecular formula is C54H99NO10. The quantitative estimate of drug-likeness (QED) is 0.0196. The second kappa shape index (κ2) is 44.4. The van der Waals surface area contributed by atoms with E-state index in [9.17, 15) is 35.1 Å². The Hall–Kier alpha value is -2.12. The molecule has 11 nitrogen and oxygen atoms in total. The van der Waals surface area contributed by atoms with Crippen LogP contribution in [0.15, 0.2) is 36.5 Å². The van der Waals surface area contributed by atoms with E-state index in [1.807, 2.05) is 6.08 Å². The molecule has 380 valence electrons. The molecule has 0 bridgehead atoms. The van der Waals surface area contributed by atoms with Gasteiger partial charge in [0.2, 0.25) is 5.91 Å². The van der Waals surface area contributed by atoms with Gasteiger partial charge < -0.3 is 45.1 Å². The van der Waals surface area contributed by atoms with Gasteiger partial charge in [-0.3, -0.25) is 9.59 Å². The second-order valence-corrected chi connectivity index (χ2v) is 18.6. The molecule has 0 saturated carbocycles. The third-order valence-electron chi connectivity index (χ3n) is 12.5. The van der Waals surface area contributed by atoms with E-state index in [1.54, 1.807) is 6.08 Å². The number of amides is 1. The van der Waals surface area contributed by atoms with Gasteiger partial charge in [0.25, 0.3) is 0 Å². The molecule has 0 radical (unpaired) electrons. The monoisotopic (exact) mass is 922 g/mol. The Morgan fingerprint density at radius 3 is 1.51 bits per heavy atom. The van der Waals surface area contributed by atoms with E-state index >= 15 is 0 Å². The number of aliphatic hydroxyl groups is 5. The molecule has 1 amide bonds. The third-order valence-corrected chi connectivity index (χ3v) is 12.5. The van der Waals surface area contributed by atoms with Crippen molar-refractivity contribution in [3.05, 3.63) is 36.5 Å². The van der Waals surface area contributed by atoms with E-state index in [0.717, 1.165) is 89.9 Å². The molecule has 1 heterocycles. The zero-order chi connectivity index (χ0) is 47.4. The molecular weight excluding hydrogens is 823 g/mol. The number of hydrogen-bond acceptors (Lipinski definition) is 10. The lowest BCUT2D eigenvalue weighted by molar-refractivity contribution is -0.302. The highest BCUT2D eigenvalue weighted by Gasteiger charge is 2.44. The maximum Gasteiger partial charge on any atom is 0.305 e. The first-order valence-electron chi connectivity index (χ1n) is 26.8. The molecule has 1 rings (SSSR count). The number of aliphatic hydroxyl groups excluding tert-OH is 5. The molecule has 7 atom stereocenters. The van der Waals surface area contributed by atoms with E-state index in [4.69, 9.17) is 14.2 Å². The van der Waals surface area contributed by atoms with Crippen molar-refractivity contribution >= 4 is 11.9 Å². The summed E-state index contributed by atoms with van der Waals surface area (Å²) in [7, 11) is 0. The molecule has 0 aromatic heterocycles. The van der Waals surface area contributed by atoms with Crippen molar-refractivity contribution in [1.82, 2.24) is 5.32 Å². The Morgan fingerprint density at radius 1 is 0.554 bits per heavy atom. The molecule has 7 unspecified atom stereocenters. The van der Waals surface area contributed by atoms with Crippen molar-refractivity contribution in [2.75, 3.05) is 19.8 Å². The molecule has 0 spiro atoms. The van der Waals surface area contributed by atoms with Crippen molar-refractivity contribution in [1.29, 1.82) is 0 Å². The smallest absolute Gasteiger partial charge is 0.305 e. The number of unbranched alkanes of at least 4 members (excludes halogenated alkanes) is 27. The minimum Gasteiger partial charge on any atom is -0.466 e. The zero-order valence-corrected chi connectivity index (χ0v) is 41.4. The minimum absolute atomic E-state index is 0.0318. The molecule has 0 aromatic rings. The van der Waals surface area contributed by atoms with E-state index < -0.39 is 49.5 Å². The number of carbonyl (C=O) groups excluding carboxylic acids is 2. The topological polar surface area (TPSA) is 175 Å². The average Bonchev–Trinajstić information content (AvgIpc) is 3.30. The Morgan fingerprint density at radius 2 is 0.985 bits per heavy atom. The summed E-state index contributed by atoms with van der Waals surface area (Å²) in [5.74, 6) is -0.234. The molecule has 1 saturated heterocycles. The summed E-state index contributed by atoms with van der Waals surface area (Å²) in [4.78, 5) is 25.0. The molecule has 0 aliphatic carbocycles. The largest absolute Gasteiger partial charge is 0.466 e. The number of allylic oxidation sites excluding steroid dienone is 5. The van der Waals surface area contributed by atoms with Gasteiger partial charge in [0, 0.05) is 12.8 Å². The van der Waals surface area contributed by atoms with Crippen molar-refractivity contribution in [2.24, 2.45) is 0 Å². The summed E-state index contributed by atoms with van der Waals surface area (Å²) >= 11 is 0. The maximum absolute atomic E-state index is 13.0. The van der Waals surface area contributed by atoms with Crippen LogP contribution in [-0.2, 0) is 23.8 Å². The first kappa shape index (κ1) is 60.9. The number of ether oxygens (including phenoxy) is 3. The van der Waals surface area contributed by atoms with Crippen LogP contribution in [0.4, 0.5) is 0 Å². The molecule has 1 fully saturated rings. The molecule has 6 N–H and O–H groups in total. The third kappa shape index (κ3) is 34.8. The summed E-state index contributed by atoms with van der Waals surface area (Å²) in [5.41, 5.74) is 0. The van der Waals surface area contributed by atoms with Crippen LogP contribution in [0.25, 0.3) is 0 Å². The van der Waals surface area contributed by atoms with E-state index in [1.165, 1.54) is 116 Å². The summed E-state index contributed by atoms with van der Waals surface area (Å²) in [5, 5.41) is 54.1. The van der Waals surface area contributed by atoms with Crippen LogP contribution in [-0.4, -0.2) is 100 Å². The number of esters is 1. The van der Waals surface area contributed by atoms with Gasteiger partial charge in [-0.2, -0.15) is 0 Å². The van der Waals surface area contributed by atoms with Crippen LogP contribution in [0.5, 0.6) is 0 Å². The van der Waals surface area contributed by atoms with Gasteiger partial charge in [0.05, 0.1) is 32.0 Å². The second-order valence-electron chi connectivity index (χ2n) is 18.6. The molecule has 11 heteroatoms. The van der Waals surface area contributed by atoms with Crippen LogP contribution in [0.2, 0.25) is 0 Å². The number of carbonyl (C=O) groups is 2. The zero-order valence-electron chi connectivity index (χ0n) is 41.4. The first-order valence-corrected chi connectivity index (χ1v) is 26.8. The molecule has 1 aliphatic rings. The van der Waals surface area contributed by atoms with Gasteiger partial charge in [-0.1, -0.05) is 172 Å². The van der Waals surface area contributed by atoms with Crippen LogP contribution in [0, 0.1) is 0 Å². The fraction of sp³-hybridized carbons (Fsp3) is 0.852. The van der Waals surface area contributed by atoms with Gasteiger partial charge in [-0.05, 0) is 83.5 Å². The van der Waals surface area contributed by atoms with E-state index in [-0.39, 0.29) is 18.5 Å². The maximum atomic E-state index is 13.0. The van der Waals surface area contributed by atoms with E-state index in [0.29, 0.717) is 19.4 Å². The van der Waals surface area contributed by atoms with Gasteiger partial charge in [0.15, 0.2) is 6.29 Å². The lowest BCUT2D eigenvalue weighted by Gasteiger charge is -2.40. The lowest BCUT2D eigenvalue weighted by atomic mass is 9.99. The lowest BCUT2D eigenvalue weighted by Crippen LogP contribution is -2.60. The van der Waals surface area contributed by atoms with Crippen molar-refractivity contribution in [2.45, 2.75) is 275 Å². The van der Waals surface area contributed by atoms with Crippen LogP contribution >= 0.6 is 0 Å². The highest BCUT2D eigenvalue weighted by molar-refractivity contribution is 5.76. The standard InChI is InChI=1S/C54H99NO10/c1-3-5-7-9-11-13-14-22-26-30-34-38-42-50(59)63-43-39-35-31-27-23-20-18-16-15-17-19-21-25-29-33-37-41-49(58)55-46(47(57)40-36-32-28-24-12-10-8-6-4-2)45-64-54-53(62)52(61)51(60)48(44-56)65-54/h11,13,15,17,36,40,46-48,51-54,56-57,60-62H,3-10,12,14,16,18-35,37-39,41-45H2,1-2H3,(H,55,58)/b13-11-,17-15-,40-36+. The Bertz CT molecular complexity index is 1180. The highest BCUT2D eigenvalue weighted by Crippen LogP contribution is 2.23. The van der Waals surface area contributed by atoms with Crippen LogP contribution in [0.3, 0.4) is 0 Å². The summed E-state index contributed by atoms with van der Waals surface area (Å²) in [6.07, 6.45) is 42.3. The molecule has 1 aliphatic heterocycles. The predicted molar refractivity (Wildman–Crippen MR) is 264 cm³/mol. The minimum atomic E-state index is -1.58. The van der Waals surface area contributed by atoms with Crippen molar-refractivity contribution in [3.8, 4) is 0 Å². The summed E-state index contributed by atoms with van der Waals surface area (Å²) < 4.78 is 16.6. The van der Waals surface area contributed by atoms with Gasteiger partial charge in [-0.15, -0.1) is 0 Å². The molecule has 65 heavy (non-hydrogen) atoms.